The molecule has 0 aliphatic heterocycles. The summed E-state index contributed by atoms with van der Waals surface area (Å²) in [6, 6.07) is 7.78. The number of carbonyl (C=O) groups excluding carboxylic acids is 1. The standard InChI is InChI=1S/C13H7BrClFN2O3/c14-8-2-3-9(15)11(6-8)17-13(19)7-1-4-12(18(20)21)10(16)5-7/h1-6H,(H,17,19). The topological polar surface area (TPSA) is 72.2 Å². The van der Waals surface area contributed by atoms with Crippen LogP contribution in [0.1, 0.15) is 10.4 Å². The number of hydrogen-bond acceptors (Lipinski definition) is 3. The number of nitrogens with zero attached hydrogens (tertiary/aromatic N) is 1. The molecule has 2 rings (SSSR count). The molecular weight excluding hydrogens is 367 g/mol. The fourth-order valence-corrected chi connectivity index (χ4v) is 2.11. The Hall–Kier alpha value is -1.99. The predicted molar refractivity (Wildman–Crippen MR) is 80.2 cm³/mol. The van der Waals surface area contributed by atoms with Crippen molar-refractivity contribution < 1.29 is 14.1 Å². The molecule has 1 N–H and O–H groups in total. The summed E-state index contributed by atoms with van der Waals surface area (Å²) < 4.78 is 14.2. The van der Waals surface area contributed by atoms with Gasteiger partial charge in [-0.25, -0.2) is 0 Å². The highest BCUT2D eigenvalue weighted by Gasteiger charge is 2.17. The van der Waals surface area contributed by atoms with E-state index in [2.05, 4.69) is 21.2 Å². The minimum atomic E-state index is -1.08. The zero-order valence-corrected chi connectivity index (χ0v) is 12.6. The Morgan fingerprint density at radius 1 is 1.29 bits per heavy atom. The van der Waals surface area contributed by atoms with Gasteiger partial charge in [-0.2, -0.15) is 4.39 Å². The Morgan fingerprint density at radius 2 is 2.00 bits per heavy atom. The van der Waals surface area contributed by atoms with Gasteiger partial charge >= 0.3 is 5.69 Å². The Morgan fingerprint density at radius 3 is 2.62 bits per heavy atom. The van der Waals surface area contributed by atoms with Crippen LogP contribution in [0.15, 0.2) is 40.9 Å². The van der Waals surface area contributed by atoms with Gasteiger partial charge in [-0.1, -0.05) is 27.5 Å². The molecule has 0 heterocycles. The van der Waals surface area contributed by atoms with Crippen LogP contribution in [0, 0.1) is 15.9 Å². The molecule has 0 saturated carbocycles. The van der Waals surface area contributed by atoms with Gasteiger partial charge in [-0.05, 0) is 30.3 Å². The van der Waals surface area contributed by atoms with E-state index >= 15 is 0 Å². The first kappa shape index (κ1) is 15.4. The van der Waals surface area contributed by atoms with Crippen molar-refractivity contribution in [2.75, 3.05) is 5.32 Å². The minimum absolute atomic E-state index is 0.0471. The predicted octanol–water partition coefficient (Wildman–Crippen LogP) is 4.40. The van der Waals surface area contributed by atoms with Gasteiger partial charge in [0, 0.05) is 16.1 Å². The van der Waals surface area contributed by atoms with E-state index in [0.29, 0.717) is 15.2 Å². The van der Waals surface area contributed by atoms with Crippen molar-refractivity contribution >= 4 is 44.8 Å². The molecule has 2 aromatic rings. The molecule has 1 amide bonds. The first-order valence-electron chi connectivity index (χ1n) is 5.59. The van der Waals surface area contributed by atoms with Gasteiger partial charge in [-0.15, -0.1) is 0 Å². The molecule has 0 aromatic heterocycles. The van der Waals surface area contributed by atoms with Crippen molar-refractivity contribution in [1.82, 2.24) is 0 Å². The number of halogens is 3. The van der Waals surface area contributed by atoms with Crippen LogP contribution in [0.25, 0.3) is 0 Å². The normalized spacial score (nSPS) is 10.2. The third kappa shape index (κ3) is 3.56. The van der Waals surface area contributed by atoms with Gasteiger partial charge in [0.05, 0.1) is 15.6 Å². The van der Waals surface area contributed by atoms with Crippen molar-refractivity contribution in [2.45, 2.75) is 0 Å². The van der Waals surface area contributed by atoms with Gasteiger partial charge < -0.3 is 5.32 Å². The molecule has 21 heavy (non-hydrogen) atoms. The summed E-state index contributed by atoms with van der Waals surface area (Å²) in [5.41, 5.74) is -0.393. The van der Waals surface area contributed by atoms with E-state index in [0.717, 1.165) is 12.1 Å². The monoisotopic (exact) mass is 372 g/mol. The number of rotatable bonds is 3. The van der Waals surface area contributed by atoms with Crippen molar-refractivity contribution in [3.05, 3.63) is 67.4 Å². The molecule has 2 aromatic carbocycles. The first-order valence-corrected chi connectivity index (χ1v) is 6.76. The number of benzene rings is 2. The highest BCUT2D eigenvalue weighted by Crippen LogP contribution is 2.26. The van der Waals surface area contributed by atoms with Gasteiger partial charge in [0.2, 0.25) is 5.82 Å². The summed E-state index contributed by atoms with van der Waals surface area (Å²) in [6.45, 7) is 0. The van der Waals surface area contributed by atoms with E-state index in [-0.39, 0.29) is 5.56 Å². The van der Waals surface area contributed by atoms with Crippen LogP contribution in [0.3, 0.4) is 0 Å². The fraction of sp³-hybridized carbons (Fsp3) is 0. The summed E-state index contributed by atoms with van der Waals surface area (Å²) in [5.74, 6) is -1.70. The Balaban J connectivity index is 2.26. The summed E-state index contributed by atoms with van der Waals surface area (Å²) in [6.07, 6.45) is 0. The van der Waals surface area contributed by atoms with Crippen molar-refractivity contribution in [1.29, 1.82) is 0 Å². The van der Waals surface area contributed by atoms with E-state index in [4.69, 9.17) is 11.6 Å². The molecule has 0 bridgehead atoms. The number of carbonyl (C=O) groups is 1. The molecule has 0 fully saturated rings. The molecule has 0 spiro atoms. The molecule has 108 valence electrons. The van der Waals surface area contributed by atoms with Crippen LogP contribution in [-0.4, -0.2) is 10.8 Å². The lowest BCUT2D eigenvalue weighted by atomic mass is 10.2. The Kier molecular flexibility index (Phi) is 4.54. The van der Waals surface area contributed by atoms with Gasteiger partial charge in [0.1, 0.15) is 0 Å². The zero-order chi connectivity index (χ0) is 15.6. The number of nitrogens with one attached hydrogen (secondary N) is 1. The van der Waals surface area contributed by atoms with Crippen LogP contribution < -0.4 is 5.32 Å². The SMILES string of the molecule is O=C(Nc1cc(Br)ccc1Cl)c1ccc([N+](=O)[O-])c(F)c1. The summed E-state index contributed by atoms with van der Waals surface area (Å²) in [5, 5.41) is 13.3. The van der Waals surface area contributed by atoms with Crippen LogP contribution in [-0.2, 0) is 0 Å². The lowest BCUT2D eigenvalue weighted by Gasteiger charge is -2.08. The molecule has 0 aliphatic carbocycles. The lowest BCUT2D eigenvalue weighted by molar-refractivity contribution is -0.387. The van der Waals surface area contributed by atoms with E-state index < -0.39 is 22.3 Å². The molecule has 0 atom stereocenters. The number of nitro groups is 1. The van der Waals surface area contributed by atoms with Crippen molar-refractivity contribution in [3.63, 3.8) is 0 Å². The third-order valence-electron chi connectivity index (χ3n) is 2.58. The number of anilines is 1. The van der Waals surface area contributed by atoms with E-state index in [1.807, 2.05) is 0 Å². The quantitative estimate of drug-likeness (QED) is 0.640. The number of nitro benzene ring substituents is 1. The smallest absolute Gasteiger partial charge is 0.304 e. The van der Waals surface area contributed by atoms with Crippen LogP contribution in [0.5, 0.6) is 0 Å². The Labute approximate surface area is 132 Å². The maximum atomic E-state index is 13.5. The Bertz CT molecular complexity index is 739. The minimum Gasteiger partial charge on any atom is -0.321 e. The fourth-order valence-electron chi connectivity index (χ4n) is 1.58. The van der Waals surface area contributed by atoms with E-state index in [9.17, 15) is 19.3 Å². The third-order valence-corrected chi connectivity index (χ3v) is 3.41. The van der Waals surface area contributed by atoms with Crippen LogP contribution >= 0.6 is 27.5 Å². The highest BCUT2D eigenvalue weighted by atomic mass is 79.9. The average molecular weight is 374 g/mol. The lowest BCUT2D eigenvalue weighted by Crippen LogP contribution is -2.12. The second-order valence-electron chi connectivity index (χ2n) is 4.00. The van der Waals surface area contributed by atoms with E-state index in [1.54, 1.807) is 18.2 Å². The summed E-state index contributed by atoms with van der Waals surface area (Å²) >= 11 is 9.16. The zero-order valence-electron chi connectivity index (χ0n) is 10.3. The number of hydrogen-bond donors (Lipinski definition) is 1. The van der Waals surface area contributed by atoms with Crippen molar-refractivity contribution in [3.8, 4) is 0 Å². The second-order valence-corrected chi connectivity index (χ2v) is 5.32. The molecule has 5 nitrogen and oxygen atoms in total. The van der Waals surface area contributed by atoms with Gasteiger partial charge in [0.25, 0.3) is 5.91 Å². The average Bonchev–Trinajstić information content (AvgIpc) is 2.42. The summed E-state index contributed by atoms with van der Waals surface area (Å²) in [7, 11) is 0. The largest absolute Gasteiger partial charge is 0.321 e. The van der Waals surface area contributed by atoms with Crippen LogP contribution in [0.2, 0.25) is 5.02 Å². The first-order chi connectivity index (χ1) is 9.88. The molecule has 0 unspecified atom stereocenters. The highest BCUT2D eigenvalue weighted by molar-refractivity contribution is 9.10. The maximum absolute atomic E-state index is 13.5. The molecular formula is C13H7BrClFN2O3. The molecule has 0 saturated heterocycles. The summed E-state index contributed by atoms with van der Waals surface area (Å²) in [4.78, 5) is 21.6. The van der Waals surface area contributed by atoms with Crippen molar-refractivity contribution in [2.24, 2.45) is 0 Å². The van der Waals surface area contributed by atoms with Gasteiger partial charge in [0.15, 0.2) is 0 Å². The van der Waals surface area contributed by atoms with Gasteiger partial charge in [-0.3, -0.25) is 14.9 Å². The maximum Gasteiger partial charge on any atom is 0.304 e. The molecule has 8 heteroatoms. The van der Waals surface area contributed by atoms with E-state index in [1.165, 1.54) is 6.07 Å². The molecule has 0 aliphatic rings. The van der Waals surface area contributed by atoms with Crippen LogP contribution in [0.4, 0.5) is 15.8 Å². The molecule has 0 radical (unpaired) electrons. The number of amides is 1. The second kappa shape index (κ2) is 6.19.